The Morgan fingerprint density at radius 1 is 1.38 bits per heavy atom. The fraction of sp³-hybridized carbons (Fsp3) is 0.182. The van der Waals surface area contributed by atoms with Crippen molar-refractivity contribution in [1.82, 2.24) is 4.98 Å². The van der Waals surface area contributed by atoms with Gasteiger partial charge < -0.3 is 15.2 Å². The van der Waals surface area contributed by atoms with E-state index in [1.54, 1.807) is 30.5 Å². The predicted octanol–water partition coefficient (Wildman–Crippen LogP) is 1.74. The predicted molar refractivity (Wildman–Crippen MR) is 59.9 cm³/mol. The highest BCUT2D eigenvalue weighted by Gasteiger charge is 2.20. The highest BCUT2D eigenvalue weighted by atomic mass is 35.5. The normalized spacial score (nSPS) is 14.6. The Hall–Kier alpha value is -1.54. The van der Waals surface area contributed by atoms with Crippen LogP contribution in [0.25, 0.3) is 10.9 Å². The van der Waals surface area contributed by atoms with Crippen LogP contribution in [0.1, 0.15) is 11.7 Å². The number of nitriles is 1. The summed E-state index contributed by atoms with van der Waals surface area (Å²) in [6.45, 7) is 0. The first kappa shape index (κ1) is 11.0. The van der Waals surface area contributed by atoms with Crippen LogP contribution in [0.4, 0.5) is 0 Å². The van der Waals surface area contributed by atoms with Crippen molar-refractivity contribution in [3.63, 3.8) is 0 Å². The monoisotopic (exact) mass is 236 g/mol. The molecular formula is C11H9ClN2O2. The Balaban J connectivity index is 2.51. The Kier molecular flexibility index (Phi) is 2.84. The van der Waals surface area contributed by atoms with E-state index in [-0.39, 0.29) is 0 Å². The highest BCUT2D eigenvalue weighted by molar-refractivity contribution is 6.31. The highest BCUT2D eigenvalue weighted by Crippen LogP contribution is 2.27. The standard InChI is InChI=1S/C11H9ClN2O2/c12-6-1-2-7-8(5-14-9(7)3-6)11(16)10(15)4-13/h1-3,5,10-11,14-16H. The van der Waals surface area contributed by atoms with Crippen LogP contribution in [0.3, 0.4) is 0 Å². The number of aliphatic hydroxyl groups is 2. The summed E-state index contributed by atoms with van der Waals surface area (Å²) >= 11 is 5.81. The van der Waals surface area contributed by atoms with Crippen LogP contribution in [-0.2, 0) is 0 Å². The lowest BCUT2D eigenvalue weighted by Crippen LogP contribution is -2.15. The van der Waals surface area contributed by atoms with E-state index in [1.807, 2.05) is 0 Å². The molecule has 0 radical (unpaired) electrons. The lowest BCUT2D eigenvalue weighted by atomic mass is 10.0. The van der Waals surface area contributed by atoms with Crippen molar-refractivity contribution in [2.45, 2.75) is 12.2 Å². The summed E-state index contributed by atoms with van der Waals surface area (Å²) in [5.41, 5.74) is 1.24. The smallest absolute Gasteiger partial charge is 0.170 e. The van der Waals surface area contributed by atoms with Crippen LogP contribution < -0.4 is 0 Å². The summed E-state index contributed by atoms with van der Waals surface area (Å²) in [5.74, 6) is 0. The molecule has 0 aliphatic carbocycles. The van der Waals surface area contributed by atoms with Gasteiger partial charge in [0.05, 0.1) is 6.07 Å². The summed E-state index contributed by atoms with van der Waals surface area (Å²) in [5, 5.41) is 28.8. The second kappa shape index (κ2) is 4.14. The van der Waals surface area contributed by atoms with Gasteiger partial charge in [0.15, 0.2) is 6.10 Å². The molecule has 0 aliphatic heterocycles. The van der Waals surface area contributed by atoms with Crippen molar-refractivity contribution in [3.8, 4) is 6.07 Å². The van der Waals surface area contributed by atoms with Gasteiger partial charge in [-0.05, 0) is 12.1 Å². The number of benzene rings is 1. The number of hydrogen-bond acceptors (Lipinski definition) is 3. The van der Waals surface area contributed by atoms with E-state index in [9.17, 15) is 10.2 Å². The number of H-pyrrole nitrogens is 1. The summed E-state index contributed by atoms with van der Waals surface area (Å²) in [6, 6.07) is 6.73. The number of aromatic amines is 1. The number of aliphatic hydroxyl groups excluding tert-OH is 2. The zero-order valence-corrected chi connectivity index (χ0v) is 8.94. The van der Waals surface area contributed by atoms with E-state index < -0.39 is 12.2 Å². The number of hydrogen-bond donors (Lipinski definition) is 3. The molecule has 0 bridgehead atoms. The molecule has 2 unspecified atom stereocenters. The van der Waals surface area contributed by atoms with E-state index in [2.05, 4.69) is 4.98 Å². The molecule has 0 spiro atoms. The number of halogens is 1. The van der Waals surface area contributed by atoms with Gasteiger partial charge in [-0.1, -0.05) is 17.7 Å². The molecule has 5 heteroatoms. The van der Waals surface area contributed by atoms with Crippen molar-refractivity contribution in [2.75, 3.05) is 0 Å². The molecule has 0 saturated carbocycles. The number of rotatable bonds is 2. The van der Waals surface area contributed by atoms with Crippen LogP contribution in [0.5, 0.6) is 0 Å². The van der Waals surface area contributed by atoms with Crippen molar-refractivity contribution in [3.05, 3.63) is 35.0 Å². The van der Waals surface area contributed by atoms with Gasteiger partial charge in [0.25, 0.3) is 0 Å². The molecule has 1 aromatic carbocycles. The minimum atomic E-state index is -1.44. The van der Waals surface area contributed by atoms with Crippen LogP contribution in [0.15, 0.2) is 24.4 Å². The Bertz CT molecular complexity index is 559. The molecule has 2 rings (SSSR count). The minimum absolute atomic E-state index is 0.487. The molecule has 1 heterocycles. The first-order chi connectivity index (χ1) is 7.63. The summed E-state index contributed by atoms with van der Waals surface area (Å²) in [4.78, 5) is 2.92. The topological polar surface area (TPSA) is 80.0 Å². The van der Waals surface area contributed by atoms with E-state index >= 15 is 0 Å². The van der Waals surface area contributed by atoms with Crippen molar-refractivity contribution < 1.29 is 10.2 Å². The van der Waals surface area contributed by atoms with E-state index in [1.165, 1.54) is 0 Å². The number of aromatic nitrogens is 1. The molecule has 0 fully saturated rings. The molecule has 2 aromatic rings. The van der Waals surface area contributed by atoms with Crippen molar-refractivity contribution in [2.24, 2.45) is 0 Å². The Labute approximate surface area is 96.7 Å². The third kappa shape index (κ3) is 1.76. The molecule has 1 aromatic heterocycles. The lowest BCUT2D eigenvalue weighted by molar-refractivity contribution is 0.0538. The largest absolute Gasteiger partial charge is 0.384 e. The second-order valence-electron chi connectivity index (χ2n) is 3.45. The van der Waals surface area contributed by atoms with E-state index in [0.717, 1.165) is 10.9 Å². The van der Waals surface area contributed by atoms with Gasteiger partial charge in [-0.3, -0.25) is 0 Å². The molecular weight excluding hydrogens is 228 g/mol. The zero-order chi connectivity index (χ0) is 11.7. The fourth-order valence-corrected chi connectivity index (χ4v) is 1.78. The van der Waals surface area contributed by atoms with Crippen molar-refractivity contribution >= 4 is 22.5 Å². The van der Waals surface area contributed by atoms with Crippen molar-refractivity contribution in [1.29, 1.82) is 5.26 Å². The first-order valence-corrected chi connectivity index (χ1v) is 5.03. The number of nitrogens with zero attached hydrogens (tertiary/aromatic N) is 1. The van der Waals surface area contributed by atoms with Crippen LogP contribution in [0.2, 0.25) is 5.02 Å². The van der Waals surface area contributed by atoms with Gasteiger partial charge in [-0.25, -0.2) is 0 Å². The maximum Gasteiger partial charge on any atom is 0.170 e. The first-order valence-electron chi connectivity index (χ1n) is 4.66. The summed E-state index contributed by atoms with van der Waals surface area (Å²) in [6.07, 6.45) is -1.10. The molecule has 0 saturated heterocycles. The quantitative estimate of drug-likeness (QED) is 0.695. The fourth-order valence-electron chi connectivity index (χ4n) is 1.61. The average Bonchev–Trinajstić information content (AvgIpc) is 2.69. The Morgan fingerprint density at radius 2 is 2.12 bits per heavy atom. The summed E-state index contributed by atoms with van der Waals surface area (Å²) in [7, 11) is 0. The molecule has 2 atom stereocenters. The number of nitrogens with one attached hydrogen (secondary N) is 1. The van der Waals surface area contributed by atoms with Gasteiger partial charge in [-0.15, -0.1) is 0 Å². The molecule has 4 nitrogen and oxygen atoms in total. The van der Waals surface area contributed by atoms with Gasteiger partial charge in [0, 0.05) is 27.7 Å². The van der Waals surface area contributed by atoms with Gasteiger partial charge in [0.1, 0.15) is 6.10 Å². The minimum Gasteiger partial charge on any atom is -0.384 e. The van der Waals surface area contributed by atoms with Gasteiger partial charge in [-0.2, -0.15) is 5.26 Å². The van der Waals surface area contributed by atoms with Crippen LogP contribution in [-0.4, -0.2) is 21.3 Å². The third-order valence-corrected chi connectivity index (χ3v) is 2.66. The zero-order valence-electron chi connectivity index (χ0n) is 8.18. The molecule has 82 valence electrons. The second-order valence-corrected chi connectivity index (χ2v) is 3.89. The molecule has 0 aliphatic rings. The lowest BCUT2D eigenvalue weighted by Gasteiger charge is -2.10. The molecule has 16 heavy (non-hydrogen) atoms. The van der Waals surface area contributed by atoms with Gasteiger partial charge >= 0.3 is 0 Å². The maximum absolute atomic E-state index is 9.72. The average molecular weight is 237 g/mol. The third-order valence-electron chi connectivity index (χ3n) is 2.43. The van der Waals surface area contributed by atoms with E-state index in [0.29, 0.717) is 10.6 Å². The van der Waals surface area contributed by atoms with Crippen LogP contribution in [0, 0.1) is 11.3 Å². The molecule has 3 N–H and O–H groups in total. The summed E-state index contributed by atoms with van der Waals surface area (Å²) < 4.78 is 0. The maximum atomic E-state index is 9.72. The SMILES string of the molecule is N#CC(O)C(O)c1c[nH]c2cc(Cl)ccc12. The van der Waals surface area contributed by atoms with Gasteiger partial charge in [0.2, 0.25) is 0 Å². The van der Waals surface area contributed by atoms with E-state index in [4.69, 9.17) is 16.9 Å². The number of fused-ring (bicyclic) bond motifs is 1. The molecule has 0 amide bonds. The van der Waals surface area contributed by atoms with Crippen LogP contribution >= 0.6 is 11.6 Å². The Morgan fingerprint density at radius 3 is 2.81 bits per heavy atom.